The number of rotatable bonds is 4. The van der Waals surface area contributed by atoms with Crippen molar-refractivity contribution in [1.29, 1.82) is 5.26 Å². The molecule has 0 aliphatic carbocycles. The van der Waals surface area contributed by atoms with Crippen LogP contribution in [-0.2, 0) is 0 Å². The van der Waals surface area contributed by atoms with Gasteiger partial charge < -0.3 is 15.1 Å². The Morgan fingerprint density at radius 2 is 2.15 bits per heavy atom. The molecule has 8 heteroatoms. The molecular formula is C19H23N7O. The van der Waals surface area contributed by atoms with E-state index >= 15 is 0 Å². The van der Waals surface area contributed by atoms with Crippen molar-refractivity contribution in [2.24, 2.45) is 0 Å². The highest BCUT2D eigenvalue weighted by molar-refractivity contribution is 5.90. The molecule has 1 aliphatic rings. The molecule has 3 rings (SSSR count). The van der Waals surface area contributed by atoms with Crippen LogP contribution in [0.15, 0.2) is 18.3 Å². The number of carbonyl (C=O) groups is 1. The van der Waals surface area contributed by atoms with Gasteiger partial charge in [-0.05, 0) is 32.4 Å². The maximum absolute atomic E-state index is 12.3. The molecule has 0 saturated carbocycles. The number of hydrogen-bond donors (Lipinski definition) is 1. The minimum Gasteiger partial charge on any atom is -0.378 e. The molecule has 1 fully saturated rings. The van der Waals surface area contributed by atoms with Crippen LogP contribution in [0.1, 0.15) is 34.0 Å². The fraction of sp³-hybridized carbons (Fsp3) is 0.421. The first-order valence-corrected chi connectivity index (χ1v) is 8.84. The maximum atomic E-state index is 12.3. The Bertz CT molecular complexity index is 903. The normalized spacial score (nSPS) is 16.1. The molecule has 0 bridgehead atoms. The summed E-state index contributed by atoms with van der Waals surface area (Å²) in [5.74, 6) is 0.805. The van der Waals surface area contributed by atoms with Crippen LogP contribution in [0.4, 0.5) is 11.5 Å². The lowest BCUT2D eigenvalue weighted by Crippen LogP contribution is -2.30. The van der Waals surface area contributed by atoms with Gasteiger partial charge in [-0.3, -0.25) is 4.79 Å². The van der Waals surface area contributed by atoms with Gasteiger partial charge in [0.1, 0.15) is 11.9 Å². The van der Waals surface area contributed by atoms with E-state index in [0.717, 1.165) is 42.3 Å². The lowest BCUT2D eigenvalue weighted by Gasteiger charge is -2.22. The number of amides is 1. The number of anilines is 2. The van der Waals surface area contributed by atoms with E-state index < -0.39 is 0 Å². The van der Waals surface area contributed by atoms with Gasteiger partial charge >= 0.3 is 0 Å². The number of nitrogens with zero attached hydrogens (tertiary/aromatic N) is 6. The largest absolute Gasteiger partial charge is 0.378 e. The minimum absolute atomic E-state index is 0.170. The molecule has 0 radical (unpaired) electrons. The molecule has 1 amide bonds. The lowest BCUT2D eigenvalue weighted by atomic mass is 10.2. The van der Waals surface area contributed by atoms with Crippen molar-refractivity contribution in [1.82, 2.24) is 19.9 Å². The van der Waals surface area contributed by atoms with Crippen molar-refractivity contribution in [2.75, 3.05) is 37.4 Å². The van der Waals surface area contributed by atoms with E-state index in [-0.39, 0.29) is 17.8 Å². The molecule has 1 N–H and O–H groups in total. The smallest absolute Gasteiger partial charge is 0.291 e. The van der Waals surface area contributed by atoms with Crippen LogP contribution >= 0.6 is 0 Å². The van der Waals surface area contributed by atoms with Crippen molar-refractivity contribution in [3.05, 3.63) is 41.1 Å². The predicted octanol–water partition coefficient (Wildman–Crippen LogP) is 1.75. The van der Waals surface area contributed by atoms with Crippen molar-refractivity contribution >= 4 is 17.4 Å². The van der Waals surface area contributed by atoms with Gasteiger partial charge in [0.15, 0.2) is 5.69 Å². The first kappa shape index (κ1) is 18.6. The molecule has 2 aromatic heterocycles. The van der Waals surface area contributed by atoms with E-state index in [1.807, 2.05) is 26.0 Å². The van der Waals surface area contributed by atoms with Crippen molar-refractivity contribution in [2.45, 2.75) is 26.3 Å². The Morgan fingerprint density at radius 3 is 2.85 bits per heavy atom. The number of pyridine rings is 1. The molecule has 3 heterocycles. The first-order chi connectivity index (χ1) is 12.9. The van der Waals surface area contributed by atoms with Gasteiger partial charge in [-0.15, -0.1) is 0 Å². The van der Waals surface area contributed by atoms with Crippen LogP contribution in [0.25, 0.3) is 0 Å². The molecule has 1 saturated heterocycles. The third-order valence-corrected chi connectivity index (χ3v) is 4.72. The number of hydrogen-bond acceptors (Lipinski definition) is 7. The third kappa shape index (κ3) is 3.82. The Labute approximate surface area is 158 Å². The van der Waals surface area contributed by atoms with E-state index in [0.29, 0.717) is 5.69 Å². The van der Waals surface area contributed by atoms with Gasteiger partial charge in [0, 0.05) is 50.7 Å². The number of aromatic nitrogens is 3. The van der Waals surface area contributed by atoms with Crippen LogP contribution < -0.4 is 10.2 Å². The molecule has 27 heavy (non-hydrogen) atoms. The van der Waals surface area contributed by atoms with Gasteiger partial charge in [0.05, 0.1) is 5.69 Å². The van der Waals surface area contributed by atoms with Crippen LogP contribution in [-0.4, -0.2) is 59.0 Å². The van der Waals surface area contributed by atoms with Crippen LogP contribution in [0.5, 0.6) is 0 Å². The number of aryl methyl sites for hydroxylation is 1. The summed E-state index contributed by atoms with van der Waals surface area (Å²) in [6.07, 6.45) is 2.51. The van der Waals surface area contributed by atoms with Crippen LogP contribution in [0, 0.1) is 25.2 Å². The molecule has 1 atom stereocenters. The van der Waals surface area contributed by atoms with Crippen LogP contribution in [0.3, 0.4) is 0 Å². The summed E-state index contributed by atoms with van der Waals surface area (Å²) in [6, 6.07) is 5.96. The SMILES string of the molecule is Cc1nc(C(=O)N(C)C)nc(N2CC[C@@H](Nc3cccnc3C#N)C2)c1C. The fourth-order valence-corrected chi connectivity index (χ4v) is 3.12. The Hall–Kier alpha value is -3.21. The van der Waals surface area contributed by atoms with E-state index in [1.165, 1.54) is 4.90 Å². The molecule has 0 spiro atoms. The van der Waals surface area contributed by atoms with Gasteiger partial charge in [0.25, 0.3) is 5.91 Å². The summed E-state index contributed by atoms with van der Waals surface area (Å²) >= 11 is 0. The zero-order chi connectivity index (χ0) is 19.6. The molecule has 8 nitrogen and oxygen atoms in total. The lowest BCUT2D eigenvalue weighted by molar-refractivity contribution is 0.0815. The van der Waals surface area contributed by atoms with Gasteiger partial charge in [0.2, 0.25) is 5.82 Å². The number of nitriles is 1. The van der Waals surface area contributed by atoms with E-state index in [2.05, 4.69) is 31.2 Å². The second-order valence-electron chi connectivity index (χ2n) is 6.87. The standard InChI is InChI=1S/C19H23N7O/c1-12-13(2)22-17(19(27)25(3)4)24-18(12)26-9-7-14(11-26)23-15-6-5-8-21-16(15)10-20/h5-6,8,14,23H,7,9,11H2,1-4H3/t14-/m1/s1. The van der Waals surface area contributed by atoms with E-state index in [9.17, 15) is 10.1 Å². The molecule has 1 aliphatic heterocycles. The number of nitrogens with one attached hydrogen (secondary N) is 1. The molecular weight excluding hydrogens is 342 g/mol. The Morgan fingerprint density at radius 1 is 1.37 bits per heavy atom. The zero-order valence-electron chi connectivity index (χ0n) is 16.0. The highest BCUT2D eigenvalue weighted by atomic mass is 16.2. The first-order valence-electron chi connectivity index (χ1n) is 8.84. The summed E-state index contributed by atoms with van der Waals surface area (Å²) < 4.78 is 0. The summed E-state index contributed by atoms with van der Waals surface area (Å²) in [4.78, 5) is 28.9. The molecule has 140 valence electrons. The topological polar surface area (TPSA) is 98.0 Å². The quantitative estimate of drug-likeness (QED) is 0.881. The van der Waals surface area contributed by atoms with Crippen molar-refractivity contribution in [3.8, 4) is 6.07 Å². The average molecular weight is 365 g/mol. The summed E-state index contributed by atoms with van der Waals surface area (Å²) in [7, 11) is 3.38. The summed E-state index contributed by atoms with van der Waals surface area (Å²) in [6.45, 7) is 5.41. The molecule has 2 aromatic rings. The fourth-order valence-electron chi connectivity index (χ4n) is 3.12. The van der Waals surface area contributed by atoms with Gasteiger partial charge in [-0.2, -0.15) is 5.26 Å². The van der Waals surface area contributed by atoms with Crippen molar-refractivity contribution in [3.63, 3.8) is 0 Å². The molecule has 0 unspecified atom stereocenters. The average Bonchev–Trinajstić information content (AvgIpc) is 3.11. The minimum atomic E-state index is -0.206. The van der Waals surface area contributed by atoms with Crippen molar-refractivity contribution < 1.29 is 4.79 Å². The van der Waals surface area contributed by atoms with Gasteiger partial charge in [-0.25, -0.2) is 15.0 Å². The monoisotopic (exact) mass is 365 g/mol. The zero-order valence-corrected chi connectivity index (χ0v) is 16.0. The summed E-state index contributed by atoms with van der Waals surface area (Å²) in [5, 5.41) is 12.6. The van der Waals surface area contributed by atoms with E-state index in [1.54, 1.807) is 20.3 Å². The highest BCUT2D eigenvalue weighted by Gasteiger charge is 2.27. The Kier molecular flexibility index (Phi) is 5.21. The second kappa shape index (κ2) is 7.58. The van der Waals surface area contributed by atoms with Crippen LogP contribution in [0.2, 0.25) is 0 Å². The van der Waals surface area contributed by atoms with Gasteiger partial charge in [-0.1, -0.05) is 0 Å². The Balaban J connectivity index is 1.81. The second-order valence-corrected chi connectivity index (χ2v) is 6.87. The summed E-state index contributed by atoms with van der Waals surface area (Å²) in [5.41, 5.74) is 2.92. The number of carbonyl (C=O) groups excluding carboxylic acids is 1. The predicted molar refractivity (Wildman–Crippen MR) is 103 cm³/mol. The van der Waals surface area contributed by atoms with E-state index in [4.69, 9.17) is 0 Å². The highest BCUT2D eigenvalue weighted by Crippen LogP contribution is 2.26. The maximum Gasteiger partial charge on any atom is 0.291 e. The molecule has 0 aromatic carbocycles. The third-order valence-electron chi connectivity index (χ3n) is 4.72.